The zero-order valence-corrected chi connectivity index (χ0v) is 9.60. The maximum absolute atomic E-state index is 5.82. The first-order valence-electron chi connectivity index (χ1n) is 6.22. The fourth-order valence-corrected chi connectivity index (χ4v) is 3.21. The monoisotopic (exact) mass is 229 g/mol. The number of nitrogens with zero attached hydrogens (tertiary/aromatic N) is 2. The summed E-state index contributed by atoms with van der Waals surface area (Å²) in [6, 6.07) is 7.06. The van der Waals surface area contributed by atoms with E-state index in [-0.39, 0.29) is 0 Å². The highest BCUT2D eigenvalue weighted by Gasteiger charge is 2.39. The maximum atomic E-state index is 5.82. The fourth-order valence-electron chi connectivity index (χ4n) is 3.21. The summed E-state index contributed by atoms with van der Waals surface area (Å²) in [5.74, 6) is 0.847. The van der Waals surface area contributed by atoms with Gasteiger partial charge in [0, 0.05) is 24.3 Å². The van der Waals surface area contributed by atoms with Crippen molar-refractivity contribution in [3.8, 4) is 0 Å². The third-order valence-electron chi connectivity index (χ3n) is 4.06. The number of hydrogen-bond donors (Lipinski definition) is 1. The van der Waals surface area contributed by atoms with E-state index in [9.17, 15) is 0 Å². The quantitative estimate of drug-likeness (QED) is 0.763. The zero-order valence-electron chi connectivity index (χ0n) is 9.60. The van der Waals surface area contributed by atoms with E-state index in [2.05, 4.69) is 9.88 Å². The summed E-state index contributed by atoms with van der Waals surface area (Å²) in [7, 11) is 0. The normalized spacial score (nSPS) is 27.2. The molecule has 17 heavy (non-hydrogen) atoms. The predicted octanol–water partition coefficient (Wildman–Crippen LogP) is 2.40. The van der Waals surface area contributed by atoms with Crippen molar-refractivity contribution >= 4 is 22.8 Å². The van der Waals surface area contributed by atoms with E-state index < -0.39 is 0 Å². The van der Waals surface area contributed by atoms with Gasteiger partial charge in [-0.3, -0.25) is 0 Å². The number of benzene rings is 1. The molecule has 0 radical (unpaired) electrons. The van der Waals surface area contributed by atoms with E-state index >= 15 is 0 Å². The molecule has 2 atom stereocenters. The van der Waals surface area contributed by atoms with Crippen LogP contribution in [0.2, 0.25) is 0 Å². The molecule has 2 aliphatic rings. The molecule has 1 aliphatic heterocycles. The van der Waals surface area contributed by atoms with Crippen LogP contribution in [0.5, 0.6) is 0 Å². The minimum Gasteiger partial charge on any atom is -0.423 e. The largest absolute Gasteiger partial charge is 0.423 e. The standard InChI is InChI=1S/C13H15N3O/c14-9-2-4-11-12(6-9)17-13(15-11)16-7-8-1-3-10(16)5-8/h2,4,6,8,10H,1,3,5,7,14H2. The highest BCUT2D eigenvalue weighted by Crippen LogP contribution is 2.40. The molecule has 1 aromatic heterocycles. The van der Waals surface area contributed by atoms with Crippen LogP contribution in [0.3, 0.4) is 0 Å². The molecule has 1 saturated heterocycles. The predicted molar refractivity (Wildman–Crippen MR) is 66.9 cm³/mol. The van der Waals surface area contributed by atoms with Gasteiger partial charge in [-0.15, -0.1) is 0 Å². The molecular formula is C13H15N3O. The molecule has 0 spiro atoms. The summed E-state index contributed by atoms with van der Waals surface area (Å²) < 4.78 is 5.82. The van der Waals surface area contributed by atoms with Crippen molar-refractivity contribution in [2.75, 3.05) is 17.2 Å². The van der Waals surface area contributed by atoms with Crippen molar-refractivity contribution in [2.24, 2.45) is 5.92 Å². The van der Waals surface area contributed by atoms with Gasteiger partial charge in [-0.05, 0) is 37.3 Å². The van der Waals surface area contributed by atoms with Crippen molar-refractivity contribution < 1.29 is 4.42 Å². The average Bonchev–Trinajstić information content (AvgIpc) is 3.01. The Kier molecular flexibility index (Phi) is 1.73. The van der Waals surface area contributed by atoms with Gasteiger partial charge in [0.1, 0.15) is 5.52 Å². The minimum absolute atomic E-state index is 0.644. The van der Waals surface area contributed by atoms with Crippen LogP contribution in [0, 0.1) is 5.92 Å². The molecule has 1 aromatic carbocycles. The molecule has 2 unspecified atom stereocenters. The first-order chi connectivity index (χ1) is 8.29. The lowest BCUT2D eigenvalue weighted by Gasteiger charge is -2.24. The highest BCUT2D eigenvalue weighted by molar-refractivity contribution is 5.78. The van der Waals surface area contributed by atoms with Gasteiger partial charge in [0.15, 0.2) is 5.58 Å². The molecule has 4 nitrogen and oxygen atoms in total. The number of nitrogen functional groups attached to an aromatic ring is 1. The lowest BCUT2D eigenvalue weighted by molar-refractivity contribution is 0.499. The van der Waals surface area contributed by atoms with Crippen LogP contribution < -0.4 is 10.6 Å². The van der Waals surface area contributed by atoms with Crippen LogP contribution >= 0.6 is 0 Å². The van der Waals surface area contributed by atoms with Gasteiger partial charge >= 0.3 is 0 Å². The van der Waals surface area contributed by atoms with Crippen LogP contribution in [0.4, 0.5) is 11.7 Å². The third kappa shape index (κ3) is 1.33. The van der Waals surface area contributed by atoms with Crippen LogP contribution in [-0.4, -0.2) is 17.6 Å². The maximum Gasteiger partial charge on any atom is 0.298 e. The van der Waals surface area contributed by atoms with Crippen LogP contribution in [0.25, 0.3) is 11.1 Å². The first kappa shape index (κ1) is 9.33. The zero-order chi connectivity index (χ0) is 11.4. The minimum atomic E-state index is 0.644. The van der Waals surface area contributed by atoms with Crippen molar-refractivity contribution in [1.29, 1.82) is 0 Å². The summed E-state index contributed by atoms with van der Waals surface area (Å²) in [6.45, 7) is 1.10. The first-order valence-corrected chi connectivity index (χ1v) is 6.22. The molecule has 2 N–H and O–H groups in total. The van der Waals surface area contributed by atoms with Crippen molar-refractivity contribution in [3.63, 3.8) is 0 Å². The number of anilines is 2. The van der Waals surface area contributed by atoms with Crippen molar-refractivity contribution in [2.45, 2.75) is 25.3 Å². The molecule has 88 valence electrons. The van der Waals surface area contributed by atoms with Gasteiger partial charge in [0.05, 0.1) is 0 Å². The number of rotatable bonds is 1. The molecule has 2 bridgehead atoms. The molecule has 2 heterocycles. The van der Waals surface area contributed by atoms with E-state index in [0.717, 1.165) is 35.3 Å². The Morgan fingerprint density at radius 3 is 3.06 bits per heavy atom. The van der Waals surface area contributed by atoms with Crippen LogP contribution in [-0.2, 0) is 0 Å². The van der Waals surface area contributed by atoms with Gasteiger partial charge in [-0.2, -0.15) is 4.98 Å². The molecule has 2 aromatic rings. The summed E-state index contributed by atoms with van der Waals surface area (Å²) in [5, 5.41) is 0. The Hall–Kier alpha value is -1.71. The SMILES string of the molecule is Nc1ccc2nc(N3CC4CCC3C4)oc2c1. The molecule has 4 rings (SSSR count). The fraction of sp³-hybridized carbons (Fsp3) is 0.462. The van der Waals surface area contributed by atoms with Gasteiger partial charge in [0.2, 0.25) is 0 Å². The molecule has 0 amide bonds. The van der Waals surface area contributed by atoms with E-state index in [1.165, 1.54) is 19.3 Å². The second-order valence-corrected chi connectivity index (χ2v) is 5.21. The van der Waals surface area contributed by atoms with Crippen molar-refractivity contribution in [1.82, 2.24) is 4.98 Å². The lowest BCUT2D eigenvalue weighted by Crippen LogP contribution is -2.31. The van der Waals surface area contributed by atoms with E-state index in [0.29, 0.717) is 6.04 Å². The smallest absolute Gasteiger partial charge is 0.298 e. The van der Waals surface area contributed by atoms with Gasteiger partial charge < -0.3 is 15.1 Å². The van der Waals surface area contributed by atoms with E-state index in [4.69, 9.17) is 10.2 Å². The number of piperidine rings is 1. The van der Waals surface area contributed by atoms with Gasteiger partial charge in [-0.1, -0.05) is 0 Å². The topological polar surface area (TPSA) is 55.3 Å². The molecule has 1 saturated carbocycles. The summed E-state index contributed by atoms with van der Waals surface area (Å²) in [5.41, 5.74) is 8.17. The summed E-state index contributed by atoms with van der Waals surface area (Å²) in [4.78, 5) is 6.88. The second-order valence-electron chi connectivity index (χ2n) is 5.21. The van der Waals surface area contributed by atoms with Crippen LogP contribution in [0.1, 0.15) is 19.3 Å². The Bertz CT molecular complexity index is 577. The summed E-state index contributed by atoms with van der Waals surface area (Å²) in [6.07, 6.45) is 3.96. The molecule has 1 aliphatic carbocycles. The molecular weight excluding hydrogens is 214 g/mol. The van der Waals surface area contributed by atoms with E-state index in [1.54, 1.807) is 0 Å². The third-order valence-corrected chi connectivity index (χ3v) is 4.06. The number of hydrogen-bond acceptors (Lipinski definition) is 4. The average molecular weight is 229 g/mol. The molecule has 4 heteroatoms. The van der Waals surface area contributed by atoms with Crippen molar-refractivity contribution in [3.05, 3.63) is 18.2 Å². The lowest BCUT2D eigenvalue weighted by atomic mass is 10.1. The number of fused-ring (bicyclic) bond motifs is 3. The number of oxazole rings is 1. The van der Waals surface area contributed by atoms with E-state index in [1.807, 2.05) is 18.2 Å². The molecule has 2 fully saturated rings. The number of nitrogens with two attached hydrogens (primary N) is 1. The van der Waals surface area contributed by atoms with Gasteiger partial charge in [0.25, 0.3) is 6.01 Å². The Morgan fingerprint density at radius 2 is 2.29 bits per heavy atom. The Morgan fingerprint density at radius 1 is 1.35 bits per heavy atom. The Balaban J connectivity index is 1.76. The van der Waals surface area contributed by atoms with Crippen LogP contribution in [0.15, 0.2) is 22.6 Å². The second kappa shape index (κ2) is 3.15. The number of aromatic nitrogens is 1. The Labute approximate surface area is 99.4 Å². The van der Waals surface area contributed by atoms with Gasteiger partial charge in [-0.25, -0.2) is 0 Å². The summed E-state index contributed by atoms with van der Waals surface area (Å²) >= 11 is 0. The highest BCUT2D eigenvalue weighted by atomic mass is 16.4.